The molecule has 32 heavy (non-hydrogen) atoms. The van der Waals surface area contributed by atoms with Gasteiger partial charge in [-0.05, 0) is 23.3 Å². The van der Waals surface area contributed by atoms with Crippen molar-refractivity contribution in [3.63, 3.8) is 0 Å². The molecule has 0 saturated heterocycles. The topological polar surface area (TPSA) is 60.1 Å². The van der Waals surface area contributed by atoms with E-state index in [1.807, 2.05) is 65.4 Å². The van der Waals surface area contributed by atoms with Crippen molar-refractivity contribution < 1.29 is 18.0 Å². The lowest BCUT2D eigenvalue weighted by Crippen LogP contribution is -2.33. The van der Waals surface area contributed by atoms with Crippen LogP contribution in [0.2, 0.25) is 0 Å². The molecule has 4 nitrogen and oxygen atoms in total. The molecule has 1 heterocycles. The maximum Gasteiger partial charge on any atom is 0.416 e. The number of para-hydroxylation sites is 1. The second kappa shape index (κ2) is 8.88. The van der Waals surface area contributed by atoms with E-state index in [4.69, 9.17) is 5.73 Å². The van der Waals surface area contributed by atoms with E-state index in [-0.39, 0.29) is 6.54 Å². The molecule has 3 aromatic carbocycles. The van der Waals surface area contributed by atoms with E-state index in [2.05, 4.69) is 5.32 Å². The monoisotopic (exact) mass is 437 g/mol. The Labute approximate surface area is 183 Å². The van der Waals surface area contributed by atoms with Gasteiger partial charge in [-0.1, -0.05) is 66.7 Å². The number of primary amides is 1. The molecule has 0 aliphatic heterocycles. The number of alkyl halides is 3. The lowest BCUT2D eigenvalue weighted by molar-refractivity contribution is -0.137. The molecule has 4 rings (SSSR count). The number of hydrogen-bond donors (Lipinski definition) is 2. The first-order valence-corrected chi connectivity index (χ1v) is 10.1. The second-order valence-electron chi connectivity index (χ2n) is 7.63. The van der Waals surface area contributed by atoms with Crippen LogP contribution in [0.15, 0.2) is 85.1 Å². The Balaban J connectivity index is 1.64. The van der Waals surface area contributed by atoms with Crippen LogP contribution < -0.4 is 11.1 Å². The predicted molar refractivity (Wildman–Crippen MR) is 118 cm³/mol. The molecular formula is C25H22F3N3O. The van der Waals surface area contributed by atoms with E-state index >= 15 is 0 Å². The maximum absolute atomic E-state index is 13.0. The minimum Gasteiger partial charge on any atom is -0.368 e. The van der Waals surface area contributed by atoms with E-state index in [9.17, 15) is 18.0 Å². The fourth-order valence-corrected chi connectivity index (χ4v) is 3.86. The number of nitrogens with one attached hydrogen (secondary N) is 1. The Morgan fingerprint density at radius 3 is 2.34 bits per heavy atom. The standard InChI is InChI=1S/C25H22F3N3O/c26-25(27,28)19-10-6-9-18(13-19)14-30-23(24(29)32)21-16-31(15-17-7-2-1-3-8-17)22-12-5-4-11-20(21)22/h1-13,16,23,30H,14-15H2,(H2,29,32). The molecule has 1 amide bonds. The van der Waals surface area contributed by atoms with Crippen molar-refractivity contribution >= 4 is 16.8 Å². The summed E-state index contributed by atoms with van der Waals surface area (Å²) in [6, 6.07) is 21.8. The summed E-state index contributed by atoms with van der Waals surface area (Å²) >= 11 is 0. The smallest absolute Gasteiger partial charge is 0.368 e. The number of nitrogens with two attached hydrogens (primary N) is 1. The van der Waals surface area contributed by atoms with Gasteiger partial charge in [-0.15, -0.1) is 0 Å². The highest BCUT2D eigenvalue weighted by Gasteiger charge is 2.30. The fraction of sp³-hybridized carbons (Fsp3) is 0.160. The number of nitrogens with zero attached hydrogens (tertiary/aromatic N) is 1. The molecule has 1 aromatic heterocycles. The first-order chi connectivity index (χ1) is 15.3. The van der Waals surface area contributed by atoms with Crippen molar-refractivity contribution in [2.45, 2.75) is 25.3 Å². The van der Waals surface area contributed by atoms with Gasteiger partial charge in [0.1, 0.15) is 6.04 Å². The number of fused-ring (bicyclic) bond motifs is 1. The minimum absolute atomic E-state index is 0.0652. The van der Waals surface area contributed by atoms with Crippen molar-refractivity contribution in [3.05, 3.63) is 107 Å². The third kappa shape index (κ3) is 4.68. The average molecular weight is 437 g/mol. The van der Waals surface area contributed by atoms with E-state index in [0.29, 0.717) is 17.7 Å². The molecule has 0 bridgehead atoms. The summed E-state index contributed by atoms with van der Waals surface area (Å²) in [6.45, 7) is 0.677. The Hall–Kier alpha value is -3.58. The van der Waals surface area contributed by atoms with Crippen LogP contribution in [0.25, 0.3) is 10.9 Å². The van der Waals surface area contributed by atoms with Crippen molar-refractivity contribution in [3.8, 4) is 0 Å². The molecule has 0 aliphatic rings. The lowest BCUT2D eigenvalue weighted by atomic mass is 10.0. The van der Waals surface area contributed by atoms with Gasteiger partial charge in [0.25, 0.3) is 0 Å². The minimum atomic E-state index is -4.43. The summed E-state index contributed by atoms with van der Waals surface area (Å²) in [5, 5.41) is 3.91. The van der Waals surface area contributed by atoms with Crippen LogP contribution in [-0.4, -0.2) is 10.5 Å². The number of amides is 1. The molecular weight excluding hydrogens is 415 g/mol. The number of benzene rings is 3. The van der Waals surface area contributed by atoms with Gasteiger partial charge in [0.05, 0.1) is 5.56 Å². The fourth-order valence-electron chi connectivity index (χ4n) is 3.86. The van der Waals surface area contributed by atoms with Crippen molar-refractivity contribution in [2.24, 2.45) is 5.73 Å². The summed E-state index contributed by atoms with van der Waals surface area (Å²) in [7, 11) is 0. The number of hydrogen-bond acceptors (Lipinski definition) is 2. The second-order valence-corrected chi connectivity index (χ2v) is 7.63. The zero-order valence-electron chi connectivity index (χ0n) is 17.1. The highest BCUT2D eigenvalue weighted by atomic mass is 19.4. The van der Waals surface area contributed by atoms with Crippen molar-refractivity contribution in [2.75, 3.05) is 0 Å². The summed E-state index contributed by atoms with van der Waals surface area (Å²) in [4.78, 5) is 12.3. The van der Waals surface area contributed by atoms with Crippen LogP contribution >= 0.6 is 0 Å². The van der Waals surface area contributed by atoms with Gasteiger partial charge in [-0.3, -0.25) is 10.1 Å². The van der Waals surface area contributed by atoms with Crippen LogP contribution in [0.5, 0.6) is 0 Å². The van der Waals surface area contributed by atoms with Crippen LogP contribution in [0.4, 0.5) is 13.2 Å². The number of carbonyl (C=O) groups is 1. The van der Waals surface area contributed by atoms with Crippen LogP contribution in [0, 0.1) is 0 Å². The Bertz CT molecular complexity index is 1230. The number of aromatic nitrogens is 1. The lowest BCUT2D eigenvalue weighted by Gasteiger charge is -2.16. The third-order valence-corrected chi connectivity index (χ3v) is 5.38. The van der Waals surface area contributed by atoms with E-state index in [0.717, 1.165) is 28.6 Å². The molecule has 164 valence electrons. The quantitative estimate of drug-likeness (QED) is 0.426. The molecule has 1 unspecified atom stereocenters. The zero-order chi connectivity index (χ0) is 22.7. The molecule has 0 saturated carbocycles. The highest BCUT2D eigenvalue weighted by molar-refractivity contribution is 5.91. The predicted octanol–water partition coefficient (Wildman–Crippen LogP) is 5.02. The SMILES string of the molecule is NC(=O)C(NCc1cccc(C(F)(F)F)c1)c1cn(Cc2ccccc2)c2ccccc12. The van der Waals surface area contributed by atoms with Crippen molar-refractivity contribution in [1.82, 2.24) is 9.88 Å². The maximum atomic E-state index is 13.0. The summed E-state index contributed by atoms with van der Waals surface area (Å²) in [5.41, 5.74) is 8.12. The van der Waals surface area contributed by atoms with Gasteiger partial charge in [0.15, 0.2) is 0 Å². The Morgan fingerprint density at radius 2 is 1.62 bits per heavy atom. The number of carbonyl (C=O) groups excluding carboxylic acids is 1. The van der Waals surface area contributed by atoms with Gasteiger partial charge in [0, 0.05) is 35.8 Å². The van der Waals surface area contributed by atoms with Gasteiger partial charge >= 0.3 is 6.18 Å². The molecule has 0 spiro atoms. The van der Waals surface area contributed by atoms with Gasteiger partial charge in [-0.2, -0.15) is 13.2 Å². The molecule has 3 N–H and O–H groups in total. The summed E-state index contributed by atoms with van der Waals surface area (Å²) < 4.78 is 41.1. The normalized spacial score (nSPS) is 12.7. The first kappa shape index (κ1) is 21.6. The van der Waals surface area contributed by atoms with E-state index < -0.39 is 23.7 Å². The molecule has 0 aliphatic carbocycles. The summed E-state index contributed by atoms with van der Waals surface area (Å²) in [5.74, 6) is -0.598. The molecule has 4 aromatic rings. The zero-order valence-corrected chi connectivity index (χ0v) is 17.1. The van der Waals surface area contributed by atoms with Crippen molar-refractivity contribution in [1.29, 1.82) is 0 Å². The van der Waals surface area contributed by atoms with Crippen LogP contribution in [-0.2, 0) is 24.1 Å². The summed E-state index contributed by atoms with van der Waals surface area (Å²) in [6.07, 6.45) is -2.55. The van der Waals surface area contributed by atoms with Gasteiger partial charge < -0.3 is 10.3 Å². The Kier molecular flexibility index (Phi) is 6.01. The van der Waals surface area contributed by atoms with Gasteiger partial charge in [0.2, 0.25) is 5.91 Å². The van der Waals surface area contributed by atoms with Crippen LogP contribution in [0.3, 0.4) is 0 Å². The largest absolute Gasteiger partial charge is 0.416 e. The van der Waals surface area contributed by atoms with E-state index in [1.54, 1.807) is 6.07 Å². The third-order valence-electron chi connectivity index (χ3n) is 5.38. The average Bonchev–Trinajstić information content (AvgIpc) is 3.12. The molecule has 7 heteroatoms. The Morgan fingerprint density at radius 1 is 0.938 bits per heavy atom. The molecule has 0 fully saturated rings. The molecule has 1 atom stereocenters. The van der Waals surface area contributed by atoms with E-state index in [1.165, 1.54) is 6.07 Å². The number of rotatable bonds is 7. The molecule has 0 radical (unpaired) electrons. The first-order valence-electron chi connectivity index (χ1n) is 10.1. The number of halogens is 3. The van der Waals surface area contributed by atoms with Gasteiger partial charge in [-0.25, -0.2) is 0 Å². The highest BCUT2D eigenvalue weighted by Crippen LogP contribution is 2.30. The van der Waals surface area contributed by atoms with Crippen LogP contribution in [0.1, 0.15) is 28.3 Å².